The van der Waals surface area contributed by atoms with Crippen molar-refractivity contribution in [3.8, 4) is 0 Å². The number of hydrogen-bond acceptors (Lipinski definition) is 7. The number of nitrogens with zero attached hydrogens (tertiary/aromatic N) is 2. The minimum Gasteiger partial charge on any atom is -0.481 e. The monoisotopic (exact) mass is 401 g/mol. The minimum absolute atomic E-state index is 0.0180. The molecule has 1 saturated heterocycles. The summed E-state index contributed by atoms with van der Waals surface area (Å²) in [6, 6.07) is -1.11. The van der Waals surface area contributed by atoms with Crippen molar-refractivity contribution in [2.24, 2.45) is 16.8 Å². The lowest BCUT2D eigenvalue weighted by molar-refractivity contribution is -0.146. The van der Waals surface area contributed by atoms with Crippen LogP contribution in [0.1, 0.15) is 20.3 Å². The van der Waals surface area contributed by atoms with Crippen molar-refractivity contribution in [2.45, 2.75) is 49.0 Å². The molecule has 152 valence electrons. The zero-order valence-electron chi connectivity index (χ0n) is 15.8. The van der Waals surface area contributed by atoms with Crippen LogP contribution in [0.15, 0.2) is 4.99 Å². The Labute approximate surface area is 162 Å². The Hall–Kier alpha value is -1.65. The molecule has 7 atom stereocenters. The number of amides is 1. The van der Waals surface area contributed by atoms with Gasteiger partial charge in [0.15, 0.2) is 0 Å². The molecule has 9 nitrogen and oxygen atoms in total. The number of aliphatic hydroxyl groups excluding tert-OH is 1. The number of thioether (sulfide) groups is 1. The number of nitrogens with one attached hydrogen (secondary N) is 1. The number of carboxylic acids is 2. The SMILES string of the molecule is C[C@@H]1[C@@H]([C@H](C(=O)O)[C@@H](C)O)N=C(C(=O)O)[C@H]1S[C@@H]1CN[C@H](C(=O)N(C)C)C1. The Morgan fingerprint density at radius 3 is 2.41 bits per heavy atom. The summed E-state index contributed by atoms with van der Waals surface area (Å²) in [5, 5.41) is 31.5. The van der Waals surface area contributed by atoms with E-state index >= 15 is 0 Å². The average Bonchev–Trinajstić information content (AvgIpc) is 3.13. The van der Waals surface area contributed by atoms with Crippen molar-refractivity contribution in [2.75, 3.05) is 20.6 Å². The number of carbonyl (C=O) groups is 3. The summed E-state index contributed by atoms with van der Waals surface area (Å²) in [5.41, 5.74) is -0.0632. The van der Waals surface area contributed by atoms with Crippen LogP contribution in [0, 0.1) is 11.8 Å². The molecule has 1 fully saturated rings. The lowest BCUT2D eigenvalue weighted by Gasteiger charge is -2.27. The van der Waals surface area contributed by atoms with Gasteiger partial charge in [-0.05, 0) is 19.3 Å². The molecule has 10 heteroatoms. The number of aliphatic carboxylic acids is 2. The lowest BCUT2D eigenvalue weighted by atomic mass is 9.86. The van der Waals surface area contributed by atoms with Crippen LogP contribution in [0.3, 0.4) is 0 Å². The summed E-state index contributed by atoms with van der Waals surface area (Å²) in [5.74, 6) is -3.92. The van der Waals surface area contributed by atoms with Gasteiger partial charge in [-0.25, -0.2) is 4.79 Å². The number of aliphatic hydroxyl groups is 1. The van der Waals surface area contributed by atoms with Gasteiger partial charge in [0.1, 0.15) is 11.6 Å². The summed E-state index contributed by atoms with van der Waals surface area (Å²) >= 11 is 1.42. The smallest absolute Gasteiger partial charge is 0.350 e. The Kier molecular flexibility index (Phi) is 6.87. The van der Waals surface area contributed by atoms with E-state index in [1.54, 1.807) is 21.0 Å². The Morgan fingerprint density at radius 2 is 1.93 bits per heavy atom. The highest BCUT2D eigenvalue weighted by Gasteiger charge is 2.48. The van der Waals surface area contributed by atoms with Gasteiger partial charge in [-0.1, -0.05) is 6.92 Å². The fourth-order valence-corrected chi connectivity index (χ4v) is 5.31. The van der Waals surface area contributed by atoms with E-state index in [9.17, 15) is 29.7 Å². The first-order valence-corrected chi connectivity index (χ1v) is 9.80. The van der Waals surface area contributed by atoms with Gasteiger partial charge in [0.2, 0.25) is 5.91 Å². The molecule has 0 saturated carbocycles. The molecule has 0 aromatic heterocycles. The Morgan fingerprint density at radius 1 is 1.30 bits per heavy atom. The van der Waals surface area contributed by atoms with Crippen LogP contribution < -0.4 is 5.32 Å². The van der Waals surface area contributed by atoms with Crippen molar-refractivity contribution < 1.29 is 29.7 Å². The number of aliphatic imine (C=N–C) groups is 1. The molecule has 0 radical (unpaired) electrons. The average molecular weight is 401 g/mol. The van der Waals surface area contributed by atoms with E-state index in [2.05, 4.69) is 10.3 Å². The molecule has 0 spiro atoms. The molecule has 4 N–H and O–H groups in total. The first kappa shape index (κ1) is 21.6. The first-order valence-electron chi connectivity index (χ1n) is 8.86. The normalized spacial score (nSPS) is 32.6. The van der Waals surface area contributed by atoms with Crippen molar-refractivity contribution >= 4 is 35.3 Å². The number of hydrogen-bond donors (Lipinski definition) is 4. The van der Waals surface area contributed by atoms with E-state index < -0.39 is 35.3 Å². The maximum Gasteiger partial charge on any atom is 0.350 e. The predicted molar refractivity (Wildman–Crippen MR) is 101 cm³/mol. The van der Waals surface area contributed by atoms with Crippen molar-refractivity contribution in [1.29, 1.82) is 0 Å². The number of carbonyl (C=O) groups excluding carboxylic acids is 1. The van der Waals surface area contributed by atoms with E-state index in [1.165, 1.54) is 23.6 Å². The van der Waals surface area contributed by atoms with Gasteiger partial charge in [-0.3, -0.25) is 14.6 Å². The van der Waals surface area contributed by atoms with Crippen LogP contribution in [0.4, 0.5) is 0 Å². The van der Waals surface area contributed by atoms with Gasteiger partial charge in [0.05, 0.1) is 23.4 Å². The van der Waals surface area contributed by atoms with Crippen LogP contribution in [0.25, 0.3) is 0 Å². The third-order valence-electron chi connectivity index (χ3n) is 5.13. The minimum atomic E-state index is -1.19. The standard InChI is InChI=1S/C17H27N3O6S/c1-7-12(11(8(2)21)16(23)24)19-13(17(25)26)14(7)27-9-5-10(18-6-9)15(22)20(3)4/h7-12,14,18,21H,5-6H2,1-4H3,(H,23,24)(H,25,26)/t7-,8-,9+,10+,11-,12+,14+/m1/s1. The second-order valence-corrected chi connectivity index (χ2v) is 8.83. The van der Waals surface area contributed by atoms with Crippen LogP contribution in [0.5, 0.6) is 0 Å². The highest BCUT2D eigenvalue weighted by atomic mass is 32.2. The summed E-state index contributed by atoms with van der Waals surface area (Å²) in [6.07, 6.45) is -0.575. The topological polar surface area (TPSA) is 140 Å². The molecule has 2 aliphatic heterocycles. The quantitative estimate of drug-likeness (QED) is 0.449. The Balaban J connectivity index is 2.15. The summed E-state index contributed by atoms with van der Waals surface area (Å²) in [6.45, 7) is 3.71. The van der Waals surface area contributed by atoms with Gasteiger partial charge in [-0.15, -0.1) is 11.8 Å². The molecular weight excluding hydrogens is 374 g/mol. The van der Waals surface area contributed by atoms with E-state index in [4.69, 9.17) is 0 Å². The molecule has 0 unspecified atom stereocenters. The summed E-state index contributed by atoms with van der Waals surface area (Å²) in [7, 11) is 3.37. The van der Waals surface area contributed by atoms with Gasteiger partial charge in [0.25, 0.3) is 0 Å². The molecule has 2 rings (SSSR count). The largest absolute Gasteiger partial charge is 0.481 e. The summed E-state index contributed by atoms with van der Waals surface area (Å²) < 4.78 is 0. The molecule has 0 aliphatic carbocycles. The fraction of sp³-hybridized carbons (Fsp3) is 0.765. The van der Waals surface area contributed by atoms with E-state index in [-0.39, 0.29) is 28.8 Å². The molecule has 0 aromatic carbocycles. The summed E-state index contributed by atoms with van der Waals surface area (Å²) in [4.78, 5) is 41.0. The van der Waals surface area contributed by atoms with Gasteiger partial charge in [0, 0.05) is 25.9 Å². The zero-order chi connectivity index (χ0) is 20.5. The highest BCUT2D eigenvalue weighted by Crippen LogP contribution is 2.39. The number of carboxylic acid groups (broad SMARTS) is 2. The van der Waals surface area contributed by atoms with Crippen molar-refractivity contribution in [1.82, 2.24) is 10.2 Å². The zero-order valence-corrected chi connectivity index (χ0v) is 16.6. The number of rotatable bonds is 7. The van der Waals surface area contributed by atoms with Crippen LogP contribution >= 0.6 is 11.8 Å². The highest BCUT2D eigenvalue weighted by molar-refractivity contribution is 8.01. The van der Waals surface area contributed by atoms with E-state index in [1.807, 2.05) is 0 Å². The molecular formula is C17H27N3O6S. The predicted octanol–water partition coefficient (Wildman–Crippen LogP) is -0.468. The molecule has 1 amide bonds. The lowest BCUT2D eigenvalue weighted by Crippen LogP contribution is -2.40. The molecule has 0 bridgehead atoms. The van der Waals surface area contributed by atoms with Crippen LogP contribution in [-0.4, -0.2) is 93.1 Å². The van der Waals surface area contributed by atoms with Crippen LogP contribution in [0.2, 0.25) is 0 Å². The van der Waals surface area contributed by atoms with Crippen LogP contribution in [-0.2, 0) is 14.4 Å². The molecule has 2 heterocycles. The van der Waals surface area contributed by atoms with Gasteiger partial charge >= 0.3 is 11.9 Å². The van der Waals surface area contributed by atoms with Crippen molar-refractivity contribution in [3.05, 3.63) is 0 Å². The third-order valence-corrected chi connectivity index (χ3v) is 6.82. The maximum atomic E-state index is 12.1. The van der Waals surface area contributed by atoms with Crippen molar-refractivity contribution in [3.63, 3.8) is 0 Å². The first-order chi connectivity index (χ1) is 12.5. The van der Waals surface area contributed by atoms with E-state index in [0.717, 1.165) is 0 Å². The van der Waals surface area contributed by atoms with E-state index in [0.29, 0.717) is 13.0 Å². The second kappa shape index (κ2) is 8.57. The van der Waals surface area contributed by atoms with Gasteiger partial charge < -0.3 is 25.5 Å². The maximum absolute atomic E-state index is 12.1. The molecule has 0 aromatic rings. The third kappa shape index (κ3) is 4.61. The molecule has 27 heavy (non-hydrogen) atoms. The number of likely N-dealkylation sites (N-methyl/N-ethyl adjacent to an activating group) is 1. The fourth-order valence-electron chi connectivity index (χ4n) is 3.70. The second-order valence-electron chi connectivity index (χ2n) is 7.38. The molecule has 2 aliphatic rings. The van der Waals surface area contributed by atoms with Gasteiger partial charge in [-0.2, -0.15) is 0 Å². The Bertz CT molecular complexity index is 638.